The molecule has 0 saturated carbocycles. The molecule has 3 heterocycles. The number of H-pyrrole nitrogens is 2. The van der Waals surface area contributed by atoms with Gasteiger partial charge in [0.15, 0.2) is 4.77 Å². The number of hydrogen-bond donors (Lipinski definition) is 3. The molecule has 0 bridgehead atoms. The predicted molar refractivity (Wildman–Crippen MR) is 102 cm³/mol. The number of ether oxygens (including phenoxy) is 1. The number of benzene rings is 1. The zero-order chi connectivity index (χ0) is 18.8. The van der Waals surface area contributed by atoms with Crippen molar-refractivity contribution in [3.05, 3.63) is 80.1 Å². The Hall–Kier alpha value is -3.26. The lowest BCUT2D eigenvalue weighted by molar-refractivity contribution is 0.0954. The van der Waals surface area contributed by atoms with Crippen molar-refractivity contribution in [1.82, 2.24) is 20.3 Å². The van der Waals surface area contributed by atoms with Crippen LogP contribution >= 0.6 is 12.2 Å². The van der Waals surface area contributed by atoms with E-state index < -0.39 is 0 Å². The summed E-state index contributed by atoms with van der Waals surface area (Å²) >= 11 is 4.97. The summed E-state index contributed by atoms with van der Waals surface area (Å²) in [6, 6.07) is 9.01. The van der Waals surface area contributed by atoms with Crippen LogP contribution in [0.5, 0.6) is 11.6 Å². The molecule has 1 aromatic carbocycles. The Labute approximate surface area is 159 Å². The highest BCUT2D eigenvalue weighted by molar-refractivity contribution is 7.71. The minimum atomic E-state index is -0.286. The number of aromatic amines is 2. The highest BCUT2D eigenvalue weighted by atomic mass is 32.1. The summed E-state index contributed by atoms with van der Waals surface area (Å²) in [6.45, 7) is 0.511. The van der Waals surface area contributed by atoms with Gasteiger partial charge in [-0.2, -0.15) is 0 Å². The third-order valence-electron chi connectivity index (χ3n) is 4.33. The number of carbonyl (C=O) groups excluding carboxylic acids is 1. The number of pyridine rings is 1. The third-order valence-corrected chi connectivity index (χ3v) is 4.53. The van der Waals surface area contributed by atoms with Gasteiger partial charge >= 0.3 is 0 Å². The highest BCUT2D eigenvalue weighted by Gasteiger charge is 2.21. The quantitative estimate of drug-likeness (QED) is 0.473. The Morgan fingerprint density at radius 3 is 3.00 bits per heavy atom. The SMILES string of the molecule is O=C(NCCc1cccnc1)c1ccc2c(c1)Cc1c([nH]c(=S)[nH]c1=O)O2. The van der Waals surface area contributed by atoms with Gasteiger partial charge in [-0.3, -0.25) is 19.6 Å². The van der Waals surface area contributed by atoms with Crippen LogP contribution in [0.1, 0.15) is 27.0 Å². The minimum absolute atomic E-state index is 0.172. The number of amides is 1. The van der Waals surface area contributed by atoms with Gasteiger partial charge in [0.2, 0.25) is 5.88 Å². The van der Waals surface area contributed by atoms with E-state index in [0.717, 1.165) is 11.1 Å². The number of rotatable bonds is 4. The topological polar surface area (TPSA) is 99.9 Å². The van der Waals surface area contributed by atoms with Crippen molar-refractivity contribution in [2.75, 3.05) is 6.54 Å². The minimum Gasteiger partial charge on any atom is -0.440 e. The second-order valence-corrected chi connectivity index (χ2v) is 6.59. The average molecular weight is 380 g/mol. The first-order valence-corrected chi connectivity index (χ1v) is 8.84. The molecule has 0 fully saturated rings. The third kappa shape index (κ3) is 3.65. The van der Waals surface area contributed by atoms with Crippen LogP contribution in [0.4, 0.5) is 0 Å². The smallest absolute Gasteiger partial charge is 0.259 e. The van der Waals surface area contributed by atoms with E-state index >= 15 is 0 Å². The lowest BCUT2D eigenvalue weighted by Gasteiger charge is -2.19. The van der Waals surface area contributed by atoms with Crippen LogP contribution in [0, 0.1) is 4.77 Å². The molecule has 0 spiro atoms. The largest absolute Gasteiger partial charge is 0.440 e. The fraction of sp³-hybridized carbons (Fsp3) is 0.158. The highest BCUT2D eigenvalue weighted by Crippen LogP contribution is 2.33. The first-order valence-electron chi connectivity index (χ1n) is 8.43. The van der Waals surface area contributed by atoms with E-state index in [2.05, 4.69) is 20.3 Å². The van der Waals surface area contributed by atoms with E-state index in [9.17, 15) is 9.59 Å². The molecule has 0 saturated heterocycles. The number of aromatic nitrogens is 3. The van der Waals surface area contributed by atoms with Crippen LogP contribution in [0.25, 0.3) is 0 Å². The first-order chi connectivity index (χ1) is 13.1. The maximum atomic E-state index is 12.4. The maximum absolute atomic E-state index is 12.4. The lowest BCUT2D eigenvalue weighted by Crippen LogP contribution is -2.26. The Morgan fingerprint density at radius 2 is 2.19 bits per heavy atom. The summed E-state index contributed by atoms with van der Waals surface area (Å²) in [6.07, 6.45) is 4.56. The molecule has 136 valence electrons. The molecule has 4 rings (SSSR count). The standard InChI is InChI=1S/C19H16N4O3S/c24-16(21-7-5-11-2-1-6-20-10-11)12-3-4-15-13(8-12)9-14-17(25)22-19(27)23-18(14)26-15/h1-4,6,8,10H,5,7,9H2,(H,21,24)(H2,22,23,25,27). The van der Waals surface area contributed by atoms with Crippen LogP contribution in [-0.2, 0) is 12.8 Å². The van der Waals surface area contributed by atoms with Gasteiger partial charge in [-0.1, -0.05) is 6.07 Å². The van der Waals surface area contributed by atoms with Crippen molar-refractivity contribution in [2.24, 2.45) is 0 Å². The van der Waals surface area contributed by atoms with E-state index in [1.807, 2.05) is 12.1 Å². The Balaban J connectivity index is 1.48. The van der Waals surface area contributed by atoms with Gasteiger partial charge < -0.3 is 15.0 Å². The fourth-order valence-corrected chi connectivity index (χ4v) is 3.15. The number of carbonyl (C=O) groups is 1. The molecule has 3 aromatic rings. The second kappa shape index (κ2) is 7.16. The molecular formula is C19H16N4O3S. The molecule has 0 atom stereocenters. The summed E-state index contributed by atoms with van der Waals surface area (Å²) in [5, 5.41) is 2.90. The molecule has 7 nitrogen and oxygen atoms in total. The van der Waals surface area contributed by atoms with Crippen molar-refractivity contribution < 1.29 is 9.53 Å². The number of fused-ring (bicyclic) bond motifs is 2. The van der Waals surface area contributed by atoms with Crippen LogP contribution in [0.15, 0.2) is 47.5 Å². The van der Waals surface area contributed by atoms with Crippen molar-refractivity contribution in [2.45, 2.75) is 12.8 Å². The van der Waals surface area contributed by atoms with Gasteiger partial charge in [0.05, 0.1) is 5.56 Å². The van der Waals surface area contributed by atoms with Gasteiger partial charge in [-0.05, 0) is 48.5 Å². The summed E-state index contributed by atoms with van der Waals surface area (Å²) in [7, 11) is 0. The number of nitrogens with zero attached hydrogens (tertiary/aromatic N) is 1. The fourth-order valence-electron chi connectivity index (χ4n) is 2.97. The van der Waals surface area contributed by atoms with Gasteiger partial charge in [0.1, 0.15) is 5.75 Å². The molecule has 0 unspecified atom stereocenters. The van der Waals surface area contributed by atoms with Crippen molar-refractivity contribution >= 4 is 18.1 Å². The average Bonchev–Trinajstić information content (AvgIpc) is 2.67. The van der Waals surface area contributed by atoms with E-state index in [4.69, 9.17) is 17.0 Å². The molecule has 1 aliphatic heterocycles. The molecule has 27 heavy (non-hydrogen) atoms. The molecule has 0 radical (unpaired) electrons. The molecule has 1 aliphatic rings. The Morgan fingerprint density at radius 1 is 1.30 bits per heavy atom. The van der Waals surface area contributed by atoms with Crippen molar-refractivity contribution in [3.8, 4) is 11.6 Å². The Kier molecular flexibility index (Phi) is 4.55. The van der Waals surface area contributed by atoms with E-state index in [1.165, 1.54) is 0 Å². The molecule has 3 N–H and O–H groups in total. The normalized spacial score (nSPS) is 11.9. The summed E-state index contributed by atoms with van der Waals surface area (Å²) in [5.74, 6) is 0.782. The zero-order valence-electron chi connectivity index (χ0n) is 14.2. The van der Waals surface area contributed by atoms with Crippen LogP contribution in [0.3, 0.4) is 0 Å². The van der Waals surface area contributed by atoms with Gasteiger partial charge in [0.25, 0.3) is 11.5 Å². The van der Waals surface area contributed by atoms with E-state index in [1.54, 1.807) is 30.6 Å². The van der Waals surface area contributed by atoms with Crippen LogP contribution in [-0.4, -0.2) is 27.4 Å². The van der Waals surface area contributed by atoms with Gasteiger partial charge in [0, 0.05) is 36.5 Å². The maximum Gasteiger partial charge on any atom is 0.259 e. The summed E-state index contributed by atoms with van der Waals surface area (Å²) in [4.78, 5) is 34.0. The molecule has 2 aromatic heterocycles. The number of hydrogen-bond acceptors (Lipinski definition) is 5. The molecular weight excluding hydrogens is 364 g/mol. The first kappa shape index (κ1) is 17.2. The molecule has 0 aliphatic carbocycles. The van der Waals surface area contributed by atoms with E-state index in [-0.39, 0.29) is 16.2 Å². The van der Waals surface area contributed by atoms with Gasteiger partial charge in [-0.15, -0.1) is 0 Å². The number of nitrogens with one attached hydrogen (secondary N) is 3. The molecule has 1 amide bonds. The monoisotopic (exact) mass is 380 g/mol. The van der Waals surface area contributed by atoms with Crippen LogP contribution in [0.2, 0.25) is 0 Å². The van der Waals surface area contributed by atoms with Crippen molar-refractivity contribution in [3.63, 3.8) is 0 Å². The van der Waals surface area contributed by atoms with E-state index in [0.29, 0.717) is 42.1 Å². The van der Waals surface area contributed by atoms with Crippen LogP contribution < -0.4 is 15.6 Å². The molecule has 8 heteroatoms. The second-order valence-electron chi connectivity index (χ2n) is 6.18. The predicted octanol–water partition coefficient (Wildman–Crippen LogP) is 2.50. The van der Waals surface area contributed by atoms with Gasteiger partial charge in [-0.25, -0.2) is 0 Å². The Bertz CT molecular complexity index is 1120. The van der Waals surface area contributed by atoms with Crippen molar-refractivity contribution in [1.29, 1.82) is 0 Å². The zero-order valence-corrected chi connectivity index (χ0v) is 15.1. The summed E-state index contributed by atoms with van der Waals surface area (Å²) < 4.78 is 5.95. The lowest BCUT2D eigenvalue weighted by atomic mass is 10.0. The summed E-state index contributed by atoms with van der Waals surface area (Å²) in [5.41, 5.74) is 2.53.